The van der Waals surface area contributed by atoms with Gasteiger partial charge in [0.05, 0.1) is 0 Å². The summed E-state index contributed by atoms with van der Waals surface area (Å²) in [6.45, 7) is -0.492. The van der Waals surface area contributed by atoms with Crippen LogP contribution in [0.4, 0.5) is 0 Å². The molecule has 0 radical (unpaired) electrons. The monoisotopic (exact) mass is 400 g/mol. The molecular weight excluding hydrogens is 383 g/mol. The van der Waals surface area contributed by atoms with Crippen LogP contribution in [0, 0.1) is 0 Å². The van der Waals surface area contributed by atoms with Gasteiger partial charge >= 0.3 is 142 Å². The Morgan fingerprint density at radius 3 is 2.50 bits per heavy atom. The molecule has 0 spiro atoms. The van der Waals surface area contributed by atoms with Gasteiger partial charge in [0.25, 0.3) is 0 Å². The van der Waals surface area contributed by atoms with E-state index >= 15 is 0 Å². The van der Waals surface area contributed by atoms with Crippen molar-refractivity contribution in [3.05, 3.63) is 57.4 Å². The summed E-state index contributed by atoms with van der Waals surface area (Å²) >= 11 is -0.344. The van der Waals surface area contributed by atoms with Crippen LogP contribution in [-0.4, -0.2) is 64.7 Å². The van der Waals surface area contributed by atoms with Crippen molar-refractivity contribution in [1.29, 1.82) is 0 Å². The second kappa shape index (κ2) is 7.02. The van der Waals surface area contributed by atoms with Gasteiger partial charge in [0.2, 0.25) is 0 Å². The van der Waals surface area contributed by atoms with Crippen molar-refractivity contribution in [1.82, 2.24) is 9.55 Å². The molecule has 128 valence electrons. The first kappa shape index (κ1) is 17.1. The maximum atomic E-state index is 12.1. The van der Waals surface area contributed by atoms with Gasteiger partial charge in [0, 0.05) is 0 Å². The van der Waals surface area contributed by atoms with Crippen molar-refractivity contribution >= 4 is 23.9 Å². The van der Waals surface area contributed by atoms with E-state index in [2.05, 4.69) is 4.98 Å². The fourth-order valence-electron chi connectivity index (χ4n) is 2.45. The molecule has 24 heavy (non-hydrogen) atoms. The molecule has 1 aliphatic rings. The molecule has 9 heteroatoms. The molecule has 3 rings (SSSR count). The van der Waals surface area contributed by atoms with E-state index in [1.807, 2.05) is 30.3 Å². The van der Waals surface area contributed by atoms with Crippen LogP contribution in [0.15, 0.2) is 46.1 Å². The van der Waals surface area contributed by atoms with Gasteiger partial charge in [-0.1, -0.05) is 0 Å². The second-order valence-corrected chi connectivity index (χ2v) is 7.64. The van der Waals surface area contributed by atoms with Crippen molar-refractivity contribution in [2.75, 3.05) is 6.61 Å². The zero-order valence-electron chi connectivity index (χ0n) is 12.4. The number of H-pyrrole nitrogens is 1. The Labute approximate surface area is 142 Å². The third-order valence-corrected chi connectivity index (χ3v) is 5.83. The zero-order chi connectivity index (χ0) is 17.3. The first-order valence-electron chi connectivity index (χ1n) is 7.22. The van der Waals surface area contributed by atoms with Crippen LogP contribution in [0.2, 0.25) is 0 Å². The van der Waals surface area contributed by atoms with Gasteiger partial charge in [-0.3, -0.25) is 0 Å². The summed E-state index contributed by atoms with van der Waals surface area (Å²) < 4.78 is 7.72. The molecule has 8 nitrogen and oxygen atoms in total. The van der Waals surface area contributed by atoms with Gasteiger partial charge in [0.1, 0.15) is 0 Å². The topological polar surface area (TPSA) is 125 Å². The number of nitrogens with one attached hydrogen (secondary N) is 1. The molecule has 0 bridgehead atoms. The molecule has 0 amide bonds. The standard InChI is InChI=1S/C15H16N2O6Se/c18-7-9-11(19)12(20)14(23-9)17-6-10(13(21)16-15(17)22)24-8-4-2-1-3-5-8/h1-6,9,11-12,14,18-20H,7H2,(H,16,21,22)/t9-,11-,12+,14-/m1/s1. The number of aromatic amines is 1. The minimum absolute atomic E-state index is 0.344. The number of aromatic nitrogens is 2. The van der Waals surface area contributed by atoms with Crippen molar-refractivity contribution in [2.45, 2.75) is 24.5 Å². The number of nitrogens with zero attached hydrogens (tertiary/aromatic N) is 1. The van der Waals surface area contributed by atoms with E-state index < -0.39 is 42.4 Å². The van der Waals surface area contributed by atoms with Crippen LogP contribution < -0.4 is 20.2 Å². The summed E-state index contributed by atoms with van der Waals surface area (Å²) in [5.74, 6) is 0. The van der Waals surface area contributed by atoms with Crippen molar-refractivity contribution in [3.8, 4) is 0 Å². The molecule has 4 N–H and O–H groups in total. The van der Waals surface area contributed by atoms with E-state index in [0.29, 0.717) is 4.46 Å². The van der Waals surface area contributed by atoms with E-state index in [1.165, 1.54) is 6.20 Å². The number of hydrogen-bond donors (Lipinski definition) is 4. The Morgan fingerprint density at radius 1 is 1.17 bits per heavy atom. The van der Waals surface area contributed by atoms with E-state index in [9.17, 15) is 19.8 Å². The summed E-state index contributed by atoms with van der Waals surface area (Å²) in [7, 11) is 0. The molecule has 1 aromatic carbocycles. The molecular formula is C15H16N2O6Se. The normalized spacial score (nSPS) is 26.6. The maximum absolute atomic E-state index is 12.1. The molecule has 2 heterocycles. The van der Waals surface area contributed by atoms with Gasteiger partial charge in [0.15, 0.2) is 0 Å². The Balaban J connectivity index is 1.96. The average molecular weight is 399 g/mol. The summed E-state index contributed by atoms with van der Waals surface area (Å²) in [5.41, 5.74) is -1.24. The van der Waals surface area contributed by atoms with Crippen LogP contribution in [0.3, 0.4) is 0 Å². The third-order valence-electron chi connectivity index (χ3n) is 3.70. The Morgan fingerprint density at radius 2 is 1.88 bits per heavy atom. The van der Waals surface area contributed by atoms with Crippen molar-refractivity contribution < 1.29 is 20.1 Å². The van der Waals surface area contributed by atoms with Crippen molar-refractivity contribution in [3.63, 3.8) is 0 Å². The molecule has 0 unspecified atom stereocenters. The van der Waals surface area contributed by atoms with Crippen molar-refractivity contribution in [2.24, 2.45) is 0 Å². The van der Waals surface area contributed by atoms with E-state index in [4.69, 9.17) is 9.84 Å². The molecule has 1 fully saturated rings. The van der Waals surface area contributed by atoms with Crippen LogP contribution in [-0.2, 0) is 4.74 Å². The quantitative estimate of drug-likeness (QED) is 0.402. The summed E-state index contributed by atoms with van der Waals surface area (Å²) in [5, 5.41) is 29.0. The Kier molecular flexibility index (Phi) is 5.00. The number of aliphatic hydroxyl groups is 3. The van der Waals surface area contributed by atoms with Crippen LogP contribution >= 0.6 is 0 Å². The first-order valence-corrected chi connectivity index (χ1v) is 8.93. The molecule has 1 aromatic heterocycles. The Hall–Kier alpha value is -1.74. The SMILES string of the molecule is O=c1[nH]c(=O)n([C@@H]2O[C@H](CO)[C@@H](O)[C@@H]2O)cc1[Se]c1ccccc1. The molecule has 0 aliphatic carbocycles. The molecule has 2 aromatic rings. The summed E-state index contributed by atoms with van der Waals surface area (Å²) in [6, 6.07) is 9.33. The summed E-state index contributed by atoms with van der Waals surface area (Å²) in [4.78, 5) is 26.3. The number of rotatable bonds is 4. The molecule has 1 saturated heterocycles. The van der Waals surface area contributed by atoms with E-state index in [-0.39, 0.29) is 15.0 Å². The van der Waals surface area contributed by atoms with Gasteiger partial charge < -0.3 is 0 Å². The van der Waals surface area contributed by atoms with Gasteiger partial charge in [-0.25, -0.2) is 0 Å². The molecule has 0 saturated carbocycles. The zero-order valence-corrected chi connectivity index (χ0v) is 14.1. The van der Waals surface area contributed by atoms with E-state index in [0.717, 1.165) is 9.03 Å². The predicted molar refractivity (Wildman–Crippen MR) is 85.8 cm³/mol. The molecule has 4 atom stereocenters. The third kappa shape index (κ3) is 3.23. The van der Waals surface area contributed by atoms with Gasteiger partial charge in [-0.2, -0.15) is 0 Å². The fourth-order valence-corrected chi connectivity index (χ4v) is 4.25. The van der Waals surface area contributed by atoms with Gasteiger partial charge in [-0.15, -0.1) is 0 Å². The first-order chi connectivity index (χ1) is 11.5. The molecule has 1 aliphatic heterocycles. The number of ether oxygens (including phenoxy) is 1. The number of hydrogen-bond acceptors (Lipinski definition) is 6. The van der Waals surface area contributed by atoms with Crippen LogP contribution in [0.5, 0.6) is 0 Å². The summed E-state index contributed by atoms with van der Waals surface area (Å²) in [6.07, 6.45) is -3.53. The number of aliphatic hydroxyl groups excluding tert-OH is 3. The average Bonchev–Trinajstić information content (AvgIpc) is 2.86. The van der Waals surface area contributed by atoms with Crippen LogP contribution in [0.25, 0.3) is 0 Å². The minimum atomic E-state index is -1.39. The second-order valence-electron chi connectivity index (χ2n) is 5.30. The Bertz CT molecular complexity index is 821. The van der Waals surface area contributed by atoms with Crippen LogP contribution in [0.1, 0.15) is 6.23 Å². The number of benzene rings is 1. The van der Waals surface area contributed by atoms with E-state index in [1.54, 1.807) is 0 Å². The van der Waals surface area contributed by atoms with Gasteiger partial charge in [-0.05, 0) is 0 Å². The predicted octanol–water partition coefficient (Wildman–Crippen LogP) is -3.20. The fraction of sp³-hybridized carbons (Fsp3) is 0.333.